The molecule has 1 N–H and O–H groups in total. The van der Waals surface area contributed by atoms with Gasteiger partial charge in [0.2, 0.25) is 0 Å². The maximum absolute atomic E-state index is 6.94. The van der Waals surface area contributed by atoms with Crippen LogP contribution < -0.4 is 5.32 Å². The fourth-order valence-corrected chi connectivity index (χ4v) is 0.307. The fourth-order valence-electron chi connectivity index (χ4n) is 0.307. The maximum atomic E-state index is 6.94. The highest BCUT2D eigenvalue weighted by atomic mass is 16.5. The van der Waals surface area contributed by atoms with Gasteiger partial charge in [-0.1, -0.05) is 0 Å². The van der Waals surface area contributed by atoms with Crippen molar-refractivity contribution in [3.05, 3.63) is 12.5 Å². The van der Waals surface area contributed by atoms with Crippen molar-refractivity contribution >= 4 is 0 Å². The predicted molar refractivity (Wildman–Crippen MR) is 23.1 cm³/mol. The van der Waals surface area contributed by atoms with Crippen LogP contribution in [0.1, 0.15) is 1.37 Å². The predicted octanol–water partition coefficient (Wildman–Crippen LogP) is 0.0774. The zero-order valence-electron chi connectivity index (χ0n) is 4.35. The SMILES string of the molecule is [2H]C1CNC=CO1. The fraction of sp³-hybridized carbons (Fsp3) is 0.500. The van der Waals surface area contributed by atoms with E-state index in [2.05, 4.69) is 5.32 Å². The Balaban J connectivity index is 2.32. The van der Waals surface area contributed by atoms with Crippen molar-refractivity contribution in [1.82, 2.24) is 5.32 Å². The van der Waals surface area contributed by atoms with Gasteiger partial charge >= 0.3 is 0 Å². The number of rotatable bonds is 0. The van der Waals surface area contributed by atoms with Crippen molar-refractivity contribution in [1.29, 1.82) is 0 Å². The lowest BCUT2D eigenvalue weighted by Gasteiger charge is -2.05. The third-order valence-corrected chi connectivity index (χ3v) is 0.562. The number of nitrogens with one attached hydrogen (secondary N) is 1. The van der Waals surface area contributed by atoms with E-state index in [1.54, 1.807) is 6.20 Å². The Morgan fingerprint density at radius 3 is 3.33 bits per heavy atom. The smallest absolute Gasteiger partial charge is 0.105 e. The molecule has 1 unspecified atom stereocenters. The van der Waals surface area contributed by atoms with E-state index in [0.29, 0.717) is 6.54 Å². The lowest BCUT2D eigenvalue weighted by Crippen LogP contribution is -2.16. The number of ether oxygens (including phenoxy) is 1. The minimum Gasteiger partial charge on any atom is -0.498 e. The molecule has 2 nitrogen and oxygen atoms in total. The summed E-state index contributed by atoms with van der Waals surface area (Å²) in [5, 5.41) is 2.84. The van der Waals surface area contributed by atoms with Crippen LogP contribution in [-0.4, -0.2) is 13.1 Å². The van der Waals surface area contributed by atoms with Crippen molar-refractivity contribution in [2.75, 3.05) is 13.1 Å². The lowest BCUT2D eigenvalue weighted by atomic mass is 10.6. The zero-order chi connectivity index (χ0) is 5.11. The molecule has 1 aliphatic rings. The van der Waals surface area contributed by atoms with Gasteiger partial charge in [-0.05, 0) is 0 Å². The van der Waals surface area contributed by atoms with Crippen molar-refractivity contribution in [2.24, 2.45) is 0 Å². The molecule has 0 amide bonds. The van der Waals surface area contributed by atoms with Gasteiger partial charge in [-0.3, -0.25) is 0 Å². The molecule has 1 atom stereocenters. The normalized spacial score (nSPS) is 33.3. The summed E-state index contributed by atoms with van der Waals surface area (Å²) in [6.45, 7) is 0.182. The molecule has 0 radical (unpaired) electrons. The summed E-state index contributed by atoms with van der Waals surface area (Å²) >= 11 is 0. The first-order chi connectivity index (χ1) is 3.39. The molecule has 0 aliphatic carbocycles. The van der Waals surface area contributed by atoms with Crippen molar-refractivity contribution in [3.63, 3.8) is 0 Å². The summed E-state index contributed by atoms with van der Waals surface area (Å²) in [4.78, 5) is 0. The van der Waals surface area contributed by atoms with Crippen LogP contribution in [-0.2, 0) is 4.74 Å². The molecular weight excluding hydrogens is 78.0 g/mol. The second-order valence-electron chi connectivity index (χ2n) is 1.01. The van der Waals surface area contributed by atoms with Gasteiger partial charge in [-0.25, -0.2) is 0 Å². The molecular formula is C4H7NO. The summed E-state index contributed by atoms with van der Waals surface area (Å²) in [7, 11) is 0. The van der Waals surface area contributed by atoms with E-state index >= 15 is 0 Å². The largest absolute Gasteiger partial charge is 0.498 e. The molecule has 1 aliphatic heterocycles. The first-order valence-electron chi connectivity index (χ1n) is 2.43. The van der Waals surface area contributed by atoms with Crippen LogP contribution in [0.3, 0.4) is 0 Å². The van der Waals surface area contributed by atoms with E-state index in [1.165, 1.54) is 6.26 Å². The van der Waals surface area contributed by atoms with Crippen LogP contribution >= 0.6 is 0 Å². The Morgan fingerprint density at radius 2 is 3.00 bits per heavy atom. The highest BCUT2D eigenvalue weighted by molar-refractivity contribution is 4.74. The van der Waals surface area contributed by atoms with E-state index in [0.717, 1.165) is 0 Å². The van der Waals surface area contributed by atoms with Gasteiger partial charge in [0.1, 0.15) is 6.58 Å². The average Bonchev–Trinajstić information content (AvgIpc) is 1.69. The summed E-state index contributed by atoms with van der Waals surface area (Å²) in [5.41, 5.74) is 0. The molecule has 6 heavy (non-hydrogen) atoms. The zero-order valence-corrected chi connectivity index (χ0v) is 3.35. The Hall–Kier alpha value is -0.660. The van der Waals surface area contributed by atoms with E-state index in [1.807, 2.05) is 0 Å². The van der Waals surface area contributed by atoms with Crippen LogP contribution in [0.4, 0.5) is 0 Å². The first kappa shape index (κ1) is 2.50. The summed E-state index contributed by atoms with van der Waals surface area (Å²) < 4.78 is 11.6. The molecule has 0 bridgehead atoms. The van der Waals surface area contributed by atoms with Gasteiger partial charge in [0.15, 0.2) is 0 Å². The van der Waals surface area contributed by atoms with Gasteiger partial charge in [-0.2, -0.15) is 0 Å². The molecule has 34 valence electrons. The maximum Gasteiger partial charge on any atom is 0.105 e. The Bertz CT molecular complexity index is 83.8. The highest BCUT2D eigenvalue weighted by Gasteiger charge is 1.83. The standard InChI is InChI=1S/C4H7NO/c1-3-6-4-2-5-1/h1,3,5H,2,4H2/i4D. The molecule has 0 aromatic carbocycles. The van der Waals surface area contributed by atoms with Crippen LogP contribution in [0.2, 0.25) is 0 Å². The first-order valence-corrected chi connectivity index (χ1v) is 1.86. The Labute approximate surface area is 38.2 Å². The molecule has 0 fully saturated rings. The molecule has 0 saturated carbocycles. The van der Waals surface area contributed by atoms with Crippen LogP contribution in [0.15, 0.2) is 12.5 Å². The van der Waals surface area contributed by atoms with Crippen molar-refractivity contribution in [2.45, 2.75) is 0 Å². The van der Waals surface area contributed by atoms with Crippen molar-refractivity contribution in [3.8, 4) is 0 Å². The van der Waals surface area contributed by atoms with Crippen LogP contribution in [0, 0.1) is 0 Å². The average molecular weight is 86.1 g/mol. The van der Waals surface area contributed by atoms with E-state index < -0.39 is 6.58 Å². The van der Waals surface area contributed by atoms with Gasteiger partial charge in [-0.15, -0.1) is 0 Å². The molecule has 1 rings (SSSR count). The molecule has 0 aromatic rings. The second-order valence-corrected chi connectivity index (χ2v) is 1.01. The Morgan fingerprint density at radius 1 is 2.00 bits per heavy atom. The van der Waals surface area contributed by atoms with Gasteiger partial charge in [0, 0.05) is 12.7 Å². The highest BCUT2D eigenvalue weighted by Crippen LogP contribution is 1.79. The summed E-state index contributed by atoms with van der Waals surface area (Å²) in [6, 6.07) is 0. The topological polar surface area (TPSA) is 21.3 Å². The second kappa shape index (κ2) is 1.70. The summed E-state index contributed by atoms with van der Waals surface area (Å²) in [5.74, 6) is 0. The third kappa shape index (κ3) is 0.641. The quantitative estimate of drug-likeness (QED) is 0.450. The monoisotopic (exact) mass is 86.1 g/mol. The van der Waals surface area contributed by atoms with Gasteiger partial charge in [0.05, 0.1) is 7.63 Å². The van der Waals surface area contributed by atoms with Crippen LogP contribution in [0.5, 0.6) is 0 Å². The van der Waals surface area contributed by atoms with Gasteiger partial charge < -0.3 is 10.1 Å². The van der Waals surface area contributed by atoms with Crippen LogP contribution in [0.25, 0.3) is 0 Å². The van der Waals surface area contributed by atoms with E-state index in [-0.39, 0.29) is 0 Å². The van der Waals surface area contributed by atoms with Gasteiger partial charge in [0.25, 0.3) is 0 Å². The number of hydrogen-bond acceptors (Lipinski definition) is 2. The lowest BCUT2D eigenvalue weighted by molar-refractivity contribution is 0.236. The molecule has 0 saturated heterocycles. The molecule has 0 aromatic heterocycles. The molecule has 0 spiro atoms. The molecule has 2 heteroatoms. The minimum absolute atomic E-state index is 0.412. The van der Waals surface area contributed by atoms with Crippen molar-refractivity contribution < 1.29 is 6.11 Å². The van der Waals surface area contributed by atoms with E-state index in [4.69, 9.17) is 6.11 Å². The third-order valence-electron chi connectivity index (χ3n) is 0.562. The minimum atomic E-state index is -0.412. The summed E-state index contributed by atoms with van der Waals surface area (Å²) in [6.07, 6.45) is 3.17. The number of hydrogen-bond donors (Lipinski definition) is 1. The Kier molecular flexibility index (Phi) is 0.708. The van der Waals surface area contributed by atoms with E-state index in [9.17, 15) is 0 Å². The molecule has 1 heterocycles.